The van der Waals surface area contributed by atoms with Crippen LogP contribution in [0.2, 0.25) is 0 Å². The first-order valence-corrected chi connectivity index (χ1v) is 9.69. The smallest absolute Gasteiger partial charge is 0.161 e. The van der Waals surface area contributed by atoms with Gasteiger partial charge in [-0.25, -0.2) is 4.39 Å². The Morgan fingerprint density at radius 3 is 2.81 bits per heavy atom. The van der Waals surface area contributed by atoms with Crippen molar-refractivity contribution < 1.29 is 13.9 Å². The molecule has 146 valence electrons. The molecular formula is C22H29FN2O2. The van der Waals surface area contributed by atoms with E-state index in [2.05, 4.69) is 17.1 Å². The molecule has 5 heteroatoms. The minimum atomic E-state index is -0.259. The Morgan fingerprint density at radius 2 is 2.04 bits per heavy atom. The number of rotatable bonds is 9. The maximum absolute atomic E-state index is 13.7. The van der Waals surface area contributed by atoms with Crippen LogP contribution in [0.3, 0.4) is 0 Å². The summed E-state index contributed by atoms with van der Waals surface area (Å²) in [6.07, 6.45) is 2.56. The molecule has 0 saturated carbocycles. The lowest BCUT2D eigenvalue weighted by molar-refractivity contribution is 0.259. The minimum absolute atomic E-state index is 0.176. The zero-order valence-corrected chi connectivity index (χ0v) is 16.2. The fourth-order valence-electron chi connectivity index (χ4n) is 3.64. The molecule has 1 heterocycles. The standard InChI is InChI=1S/C22H29FN2O2/c1-3-25-12-6-8-19(25)15-24-14-17-10-11-21(22(13-17)26-2)27-16-18-7-4-5-9-20(18)23/h4-5,7,9-11,13,19,24H,3,6,8,12,14-16H2,1-2H3/t19-/m1/s1. The molecule has 0 radical (unpaired) electrons. The summed E-state index contributed by atoms with van der Waals surface area (Å²) in [5.74, 6) is 1.03. The predicted molar refractivity (Wildman–Crippen MR) is 106 cm³/mol. The Bertz CT molecular complexity index is 738. The Labute approximate surface area is 161 Å². The van der Waals surface area contributed by atoms with Gasteiger partial charge in [-0.1, -0.05) is 31.2 Å². The number of hydrogen-bond donors (Lipinski definition) is 1. The SMILES string of the molecule is CCN1CCC[C@@H]1CNCc1ccc(OCc2ccccc2F)c(OC)c1. The lowest BCUT2D eigenvalue weighted by Gasteiger charge is -2.23. The van der Waals surface area contributed by atoms with Crippen molar-refractivity contribution in [2.24, 2.45) is 0 Å². The summed E-state index contributed by atoms with van der Waals surface area (Å²) in [7, 11) is 1.63. The average molecular weight is 372 g/mol. The molecule has 0 spiro atoms. The summed E-state index contributed by atoms with van der Waals surface area (Å²) < 4.78 is 25.0. The number of benzene rings is 2. The van der Waals surface area contributed by atoms with Crippen LogP contribution in [-0.4, -0.2) is 37.7 Å². The second-order valence-corrected chi connectivity index (χ2v) is 6.92. The van der Waals surface area contributed by atoms with Crippen molar-refractivity contribution in [2.75, 3.05) is 26.7 Å². The second-order valence-electron chi connectivity index (χ2n) is 6.92. The summed E-state index contributed by atoms with van der Waals surface area (Å²) in [5, 5.41) is 3.56. The molecule has 0 aliphatic carbocycles. The number of methoxy groups -OCH3 is 1. The highest BCUT2D eigenvalue weighted by Gasteiger charge is 2.22. The molecule has 2 aromatic rings. The highest BCUT2D eigenvalue weighted by Crippen LogP contribution is 2.29. The van der Waals surface area contributed by atoms with Crippen molar-refractivity contribution >= 4 is 0 Å². The van der Waals surface area contributed by atoms with Gasteiger partial charge in [0.2, 0.25) is 0 Å². The van der Waals surface area contributed by atoms with E-state index < -0.39 is 0 Å². The van der Waals surface area contributed by atoms with Gasteiger partial charge in [-0.2, -0.15) is 0 Å². The molecule has 0 bridgehead atoms. The number of nitrogens with one attached hydrogen (secondary N) is 1. The molecule has 1 aliphatic rings. The van der Waals surface area contributed by atoms with Crippen molar-refractivity contribution in [3.05, 3.63) is 59.4 Å². The van der Waals surface area contributed by atoms with Crippen molar-refractivity contribution in [3.8, 4) is 11.5 Å². The van der Waals surface area contributed by atoms with E-state index in [1.165, 1.54) is 25.5 Å². The lowest BCUT2D eigenvalue weighted by Crippen LogP contribution is -2.37. The van der Waals surface area contributed by atoms with Crippen molar-refractivity contribution in [1.82, 2.24) is 10.2 Å². The van der Waals surface area contributed by atoms with Gasteiger partial charge >= 0.3 is 0 Å². The molecule has 0 aromatic heterocycles. The first-order chi connectivity index (χ1) is 13.2. The molecule has 0 amide bonds. The van der Waals surface area contributed by atoms with E-state index in [-0.39, 0.29) is 12.4 Å². The van der Waals surface area contributed by atoms with Gasteiger partial charge in [-0.05, 0) is 49.7 Å². The Morgan fingerprint density at radius 1 is 1.19 bits per heavy atom. The van der Waals surface area contributed by atoms with E-state index in [4.69, 9.17) is 9.47 Å². The van der Waals surface area contributed by atoms with Crippen LogP contribution in [0.25, 0.3) is 0 Å². The maximum atomic E-state index is 13.7. The number of halogens is 1. The van der Waals surface area contributed by atoms with Crippen molar-refractivity contribution in [2.45, 2.75) is 39.0 Å². The highest BCUT2D eigenvalue weighted by molar-refractivity contribution is 5.43. The van der Waals surface area contributed by atoms with Crippen LogP contribution in [0, 0.1) is 5.82 Å². The third-order valence-corrected chi connectivity index (χ3v) is 5.18. The van der Waals surface area contributed by atoms with Gasteiger partial charge in [0.25, 0.3) is 0 Å². The third kappa shape index (κ3) is 5.21. The number of likely N-dealkylation sites (N-methyl/N-ethyl adjacent to an activating group) is 1. The third-order valence-electron chi connectivity index (χ3n) is 5.18. The zero-order chi connectivity index (χ0) is 19.1. The van der Waals surface area contributed by atoms with E-state index in [9.17, 15) is 4.39 Å². The molecule has 4 nitrogen and oxygen atoms in total. The van der Waals surface area contributed by atoms with Crippen LogP contribution in [0.1, 0.15) is 30.9 Å². The summed E-state index contributed by atoms with van der Waals surface area (Å²) in [5.41, 5.74) is 1.67. The molecule has 0 unspecified atom stereocenters. The van der Waals surface area contributed by atoms with Gasteiger partial charge < -0.3 is 14.8 Å². The first kappa shape index (κ1) is 19.6. The predicted octanol–water partition coefficient (Wildman–Crippen LogP) is 3.99. The molecule has 1 N–H and O–H groups in total. The maximum Gasteiger partial charge on any atom is 0.161 e. The summed E-state index contributed by atoms with van der Waals surface area (Å²) in [6.45, 7) is 6.52. The zero-order valence-electron chi connectivity index (χ0n) is 16.2. The number of hydrogen-bond acceptors (Lipinski definition) is 4. The molecule has 27 heavy (non-hydrogen) atoms. The molecule has 1 saturated heterocycles. The monoisotopic (exact) mass is 372 g/mol. The average Bonchev–Trinajstić information content (AvgIpc) is 3.15. The van der Waals surface area contributed by atoms with Crippen LogP contribution in [0.4, 0.5) is 4.39 Å². The molecule has 1 fully saturated rings. The lowest BCUT2D eigenvalue weighted by atomic mass is 10.1. The van der Waals surface area contributed by atoms with Crippen LogP contribution in [-0.2, 0) is 13.2 Å². The Kier molecular flexibility index (Phi) is 7.07. The summed E-state index contributed by atoms with van der Waals surface area (Å²) in [6, 6.07) is 13.2. The quantitative estimate of drug-likeness (QED) is 0.722. The summed E-state index contributed by atoms with van der Waals surface area (Å²) >= 11 is 0. The van der Waals surface area contributed by atoms with Gasteiger partial charge in [0.15, 0.2) is 11.5 Å². The second kappa shape index (κ2) is 9.72. The highest BCUT2D eigenvalue weighted by atomic mass is 19.1. The van der Waals surface area contributed by atoms with Gasteiger partial charge in [0, 0.05) is 24.7 Å². The van der Waals surface area contributed by atoms with E-state index in [0.29, 0.717) is 23.1 Å². The molecule has 1 atom stereocenters. The number of nitrogens with zero attached hydrogens (tertiary/aromatic N) is 1. The van der Waals surface area contributed by atoms with Crippen LogP contribution < -0.4 is 14.8 Å². The topological polar surface area (TPSA) is 33.7 Å². The van der Waals surface area contributed by atoms with Crippen LogP contribution in [0.15, 0.2) is 42.5 Å². The number of ether oxygens (including phenoxy) is 2. The minimum Gasteiger partial charge on any atom is -0.493 e. The Hall–Kier alpha value is -2.11. The van der Waals surface area contributed by atoms with Gasteiger partial charge in [-0.3, -0.25) is 4.90 Å². The molecule has 3 rings (SSSR count). The Balaban J connectivity index is 1.55. The van der Waals surface area contributed by atoms with E-state index >= 15 is 0 Å². The fraction of sp³-hybridized carbons (Fsp3) is 0.455. The number of likely N-dealkylation sites (tertiary alicyclic amines) is 1. The van der Waals surface area contributed by atoms with E-state index in [0.717, 1.165) is 25.2 Å². The van der Waals surface area contributed by atoms with Gasteiger partial charge in [0.1, 0.15) is 12.4 Å². The largest absolute Gasteiger partial charge is 0.493 e. The summed E-state index contributed by atoms with van der Waals surface area (Å²) in [4.78, 5) is 2.53. The van der Waals surface area contributed by atoms with Crippen LogP contribution in [0.5, 0.6) is 11.5 Å². The van der Waals surface area contributed by atoms with Gasteiger partial charge in [-0.15, -0.1) is 0 Å². The van der Waals surface area contributed by atoms with E-state index in [1.54, 1.807) is 25.3 Å². The molecular weight excluding hydrogens is 343 g/mol. The normalized spacial score (nSPS) is 17.2. The van der Waals surface area contributed by atoms with Crippen molar-refractivity contribution in [3.63, 3.8) is 0 Å². The van der Waals surface area contributed by atoms with Gasteiger partial charge in [0.05, 0.1) is 7.11 Å². The fourth-order valence-corrected chi connectivity index (χ4v) is 3.64. The van der Waals surface area contributed by atoms with E-state index in [1.807, 2.05) is 18.2 Å². The molecule has 2 aromatic carbocycles. The van der Waals surface area contributed by atoms with Crippen LogP contribution >= 0.6 is 0 Å². The first-order valence-electron chi connectivity index (χ1n) is 9.69. The molecule has 1 aliphatic heterocycles. The van der Waals surface area contributed by atoms with Crippen molar-refractivity contribution in [1.29, 1.82) is 0 Å².